The minimum atomic E-state index is -4.81. The van der Waals surface area contributed by atoms with Gasteiger partial charge in [-0.25, -0.2) is 15.0 Å². The maximum Gasteiger partial charge on any atom is 0.573 e. The van der Waals surface area contributed by atoms with Crippen molar-refractivity contribution in [1.82, 2.24) is 15.0 Å². The number of rotatable bonds is 11. The number of carboxylic acids is 1. The van der Waals surface area contributed by atoms with Crippen LogP contribution in [0.3, 0.4) is 0 Å². The average molecular weight is 543 g/mol. The topological polar surface area (TPSA) is 117 Å². The van der Waals surface area contributed by atoms with E-state index in [-0.39, 0.29) is 42.5 Å². The van der Waals surface area contributed by atoms with Gasteiger partial charge in [0.05, 0.1) is 6.10 Å². The summed E-state index contributed by atoms with van der Waals surface area (Å²) in [5, 5.41) is 8.91. The average Bonchev–Trinajstić information content (AvgIpc) is 3.30. The number of alkyl halides is 3. The molecule has 0 saturated carbocycles. The van der Waals surface area contributed by atoms with E-state index in [1.54, 1.807) is 24.3 Å². The predicted octanol–water partition coefficient (Wildman–Crippen LogP) is 6.08. The molecular formula is C27H24F3N3O6. The molecule has 204 valence electrons. The van der Waals surface area contributed by atoms with Gasteiger partial charge in [0, 0.05) is 29.9 Å². The molecule has 1 N–H and O–H groups in total. The van der Waals surface area contributed by atoms with Crippen molar-refractivity contribution in [3.8, 4) is 40.1 Å². The van der Waals surface area contributed by atoms with Crippen LogP contribution >= 0.6 is 0 Å². The Hall–Kier alpha value is -4.61. The van der Waals surface area contributed by atoms with Gasteiger partial charge in [0.1, 0.15) is 17.2 Å². The Bertz CT molecular complexity index is 1400. The molecule has 9 nitrogen and oxygen atoms in total. The summed E-state index contributed by atoms with van der Waals surface area (Å²) >= 11 is 0. The lowest BCUT2D eigenvalue weighted by atomic mass is 10.1. The molecule has 0 saturated heterocycles. The van der Waals surface area contributed by atoms with Crippen molar-refractivity contribution >= 4 is 5.97 Å². The molecule has 4 rings (SSSR count). The molecule has 0 aliphatic heterocycles. The molecule has 2 heterocycles. The number of oxazole rings is 1. The lowest BCUT2D eigenvalue weighted by molar-refractivity contribution is -0.274. The molecule has 0 aliphatic rings. The summed E-state index contributed by atoms with van der Waals surface area (Å²) in [5.74, 6) is -0.326. The van der Waals surface area contributed by atoms with Gasteiger partial charge in [0.15, 0.2) is 12.4 Å². The molecule has 0 aliphatic carbocycles. The Kier molecular flexibility index (Phi) is 8.33. The Morgan fingerprint density at radius 3 is 2.38 bits per heavy atom. The number of aryl methyl sites for hydroxylation is 1. The van der Waals surface area contributed by atoms with Crippen LogP contribution in [0.1, 0.15) is 31.7 Å². The van der Waals surface area contributed by atoms with Crippen LogP contribution in [0.15, 0.2) is 65.3 Å². The van der Waals surface area contributed by atoms with E-state index in [1.807, 2.05) is 13.8 Å². The first-order chi connectivity index (χ1) is 18.6. The summed E-state index contributed by atoms with van der Waals surface area (Å²) in [6.45, 7) is 3.61. The first kappa shape index (κ1) is 27.4. The summed E-state index contributed by atoms with van der Waals surface area (Å²) in [4.78, 5) is 23.8. The van der Waals surface area contributed by atoms with Gasteiger partial charge in [-0.1, -0.05) is 12.1 Å². The van der Waals surface area contributed by atoms with Crippen molar-refractivity contribution in [3.05, 3.63) is 72.4 Å². The smallest absolute Gasteiger partial charge is 0.484 e. The highest BCUT2D eigenvalue weighted by atomic mass is 19.4. The number of halogens is 3. The minimum absolute atomic E-state index is 0.00815. The fraction of sp³-hybridized carbons (Fsp3) is 0.259. The lowest BCUT2D eigenvalue weighted by Gasteiger charge is -2.09. The Balaban J connectivity index is 1.60. The fourth-order valence-corrected chi connectivity index (χ4v) is 3.52. The normalized spacial score (nSPS) is 11.4. The van der Waals surface area contributed by atoms with E-state index in [4.69, 9.17) is 19.0 Å². The molecule has 2 aromatic carbocycles. The van der Waals surface area contributed by atoms with Crippen molar-refractivity contribution < 1.29 is 41.7 Å². The molecule has 0 unspecified atom stereocenters. The minimum Gasteiger partial charge on any atom is -0.484 e. The van der Waals surface area contributed by atoms with Crippen LogP contribution in [0, 0.1) is 0 Å². The van der Waals surface area contributed by atoms with Gasteiger partial charge in [-0.15, -0.1) is 13.2 Å². The molecule has 0 amide bonds. The first-order valence-electron chi connectivity index (χ1n) is 11.8. The number of carbonyl (C=O) groups is 1. The summed E-state index contributed by atoms with van der Waals surface area (Å²) < 4.78 is 58.9. The van der Waals surface area contributed by atoms with Crippen molar-refractivity contribution in [2.75, 3.05) is 0 Å². The SMILES string of the molecule is CC(C)Oc1ncc(-c2nc(COc3cccc(CCC(=O)O)c3)oc2-c2ccc(OC(F)(F)F)cc2)cn1. The van der Waals surface area contributed by atoms with E-state index in [2.05, 4.69) is 19.7 Å². The van der Waals surface area contributed by atoms with Crippen LogP contribution in [0.2, 0.25) is 0 Å². The molecule has 0 spiro atoms. The molecule has 0 fully saturated rings. The second-order valence-corrected chi connectivity index (χ2v) is 8.61. The van der Waals surface area contributed by atoms with E-state index >= 15 is 0 Å². The second kappa shape index (κ2) is 11.8. The number of nitrogens with zero attached hydrogens (tertiary/aromatic N) is 3. The van der Waals surface area contributed by atoms with Crippen molar-refractivity contribution in [2.24, 2.45) is 0 Å². The number of ether oxygens (including phenoxy) is 3. The maximum absolute atomic E-state index is 12.6. The van der Waals surface area contributed by atoms with Gasteiger partial charge in [0.2, 0.25) is 5.89 Å². The highest BCUT2D eigenvalue weighted by Gasteiger charge is 2.31. The van der Waals surface area contributed by atoms with E-state index in [9.17, 15) is 18.0 Å². The van der Waals surface area contributed by atoms with Gasteiger partial charge in [-0.3, -0.25) is 4.79 Å². The zero-order valence-corrected chi connectivity index (χ0v) is 20.9. The third kappa shape index (κ3) is 7.94. The van der Waals surface area contributed by atoms with Gasteiger partial charge >= 0.3 is 18.3 Å². The largest absolute Gasteiger partial charge is 0.573 e. The maximum atomic E-state index is 12.6. The molecule has 0 atom stereocenters. The van der Waals surface area contributed by atoms with E-state index in [0.717, 1.165) is 5.56 Å². The molecule has 0 bridgehead atoms. The Labute approximate surface area is 221 Å². The van der Waals surface area contributed by atoms with Gasteiger partial charge in [0.25, 0.3) is 0 Å². The third-order valence-corrected chi connectivity index (χ3v) is 5.15. The standard InChI is InChI=1S/C27H24F3N3O6/c1-16(2)37-26-31-13-19(14-32-26)24-25(18-7-9-20(10-8-18)39-27(28,29)30)38-22(33-24)15-36-21-5-3-4-17(12-21)6-11-23(34)35/h3-5,7-10,12-14,16H,6,11,15H2,1-2H3,(H,34,35). The highest BCUT2D eigenvalue weighted by Crippen LogP contribution is 2.34. The quantitative estimate of drug-likeness (QED) is 0.240. The Morgan fingerprint density at radius 1 is 1.03 bits per heavy atom. The van der Waals surface area contributed by atoms with Gasteiger partial charge in [-0.05, 0) is 62.2 Å². The van der Waals surface area contributed by atoms with Gasteiger partial charge in [-0.2, -0.15) is 0 Å². The third-order valence-electron chi connectivity index (χ3n) is 5.15. The first-order valence-corrected chi connectivity index (χ1v) is 11.8. The van der Waals surface area contributed by atoms with E-state index in [1.165, 1.54) is 36.7 Å². The number of aliphatic carboxylic acids is 1. The second-order valence-electron chi connectivity index (χ2n) is 8.61. The number of benzene rings is 2. The number of hydrogen-bond donors (Lipinski definition) is 1. The molecule has 39 heavy (non-hydrogen) atoms. The van der Waals surface area contributed by atoms with Crippen LogP contribution in [0.5, 0.6) is 17.5 Å². The molecule has 12 heteroatoms. The fourth-order valence-electron chi connectivity index (χ4n) is 3.52. The monoisotopic (exact) mass is 543 g/mol. The summed E-state index contributed by atoms with van der Waals surface area (Å²) in [6, 6.07) is 12.4. The lowest BCUT2D eigenvalue weighted by Crippen LogP contribution is -2.16. The number of carboxylic acid groups (broad SMARTS) is 1. The van der Waals surface area contributed by atoms with Crippen molar-refractivity contribution in [2.45, 2.75) is 45.8 Å². The molecular weight excluding hydrogens is 519 g/mol. The zero-order chi connectivity index (χ0) is 28.0. The van der Waals surface area contributed by atoms with Crippen LogP contribution in [-0.2, 0) is 17.8 Å². The molecule has 0 radical (unpaired) electrons. The van der Waals surface area contributed by atoms with Crippen molar-refractivity contribution in [1.29, 1.82) is 0 Å². The predicted molar refractivity (Wildman–Crippen MR) is 132 cm³/mol. The zero-order valence-electron chi connectivity index (χ0n) is 20.9. The van der Waals surface area contributed by atoms with E-state index in [0.29, 0.717) is 29.0 Å². The van der Waals surface area contributed by atoms with Crippen molar-refractivity contribution in [3.63, 3.8) is 0 Å². The number of hydrogen-bond acceptors (Lipinski definition) is 8. The summed E-state index contributed by atoms with van der Waals surface area (Å²) in [6.07, 6.45) is -1.59. The van der Waals surface area contributed by atoms with Crippen LogP contribution < -0.4 is 14.2 Å². The highest BCUT2D eigenvalue weighted by molar-refractivity contribution is 5.76. The molecule has 2 aromatic heterocycles. The van der Waals surface area contributed by atoms with Crippen LogP contribution in [0.4, 0.5) is 13.2 Å². The molecule has 4 aromatic rings. The number of aromatic nitrogens is 3. The summed E-state index contributed by atoms with van der Waals surface area (Å²) in [7, 11) is 0. The Morgan fingerprint density at radius 2 is 1.74 bits per heavy atom. The van der Waals surface area contributed by atoms with E-state index < -0.39 is 12.3 Å². The van der Waals surface area contributed by atoms with Gasteiger partial charge < -0.3 is 23.7 Å². The van der Waals surface area contributed by atoms with Crippen LogP contribution in [-0.4, -0.2) is 38.5 Å². The van der Waals surface area contributed by atoms with Crippen LogP contribution in [0.25, 0.3) is 22.6 Å². The summed E-state index contributed by atoms with van der Waals surface area (Å²) in [5.41, 5.74) is 2.08.